The Hall–Kier alpha value is -0.830. The van der Waals surface area contributed by atoms with Gasteiger partial charge in [-0.3, -0.25) is 0 Å². The predicted octanol–water partition coefficient (Wildman–Crippen LogP) is 5.14. The van der Waals surface area contributed by atoms with E-state index in [-0.39, 0.29) is 4.75 Å². The van der Waals surface area contributed by atoms with Crippen LogP contribution in [0.3, 0.4) is 0 Å². The maximum atomic E-state index is 4.32. The number of rotatable bonds is 2. The van der Waals surface area contributed by atoms with Crippen LogP contribution in [-0.2, 0) is 0 Å². The topological polar surface area (TPSA) is 24.7 Å². The summed E-state index contributed by atoms with van der Waals surface area (Å²) in [4.78, 5) is 0. The summed E-state index contributed by atoms with van der Waals surface area (Å²) < 4.78 is 4.33. The molecule has 2 nitrogen and oxygen atoms in total. The first-order valence-corrected chi connectivity index (χ1v) is 6.24. The maximum Gasteiger partial charge on any atom is 0.0921 e. The largest absolute Gasteiger partial charge is 0.143 e. The first kappa shape index (κ1) is 13.2. The van der Waals surface area contributed by atoms with Crippen molar-refractivity contribution in [1.82, 2.24) is 0 Å². The molecular weight excluding hydrogens is 216 g/mol. The lowest BCUT2D eigenvalue weighted by Gasteiger charge is -2.11. The Balaban J connectivity index is 2.90. The zero-order valence-electron chi connectivity index (χ0n) is 11.0. The van der Waals surface area contributed by atoms with Crippen molar-refractivity contribution in [2.24, 2.45) is 9.63 Å². The second kappa shape index (κ2) is 5.00. The van der Waals surface area contributed by atoms with Crippen molar-refractivity contribution in [3.63, 3.8) is 0 Å². The smallest absolute Gasteiger partial charge is 0.0921 e. The first-order chi connectivity index (χ1) is 7.29. The molecule has 3 heteroatoms. The van der Waals surface area contributed by atoms with E-state index in [1.807, 2.05) is 0 Å². The summed E-state index contributed by atoms with van der Waals surface area (Å²) in [5, 5.41) is 4.32. The zero-order chi connectivity index (χ0) is 12.3. The molecule has 0 N–H and O–H groups in total. The maximum absolute atomic E-state index is 4.32. The third-order valence-electron chi connectivity index (χ3n) is 2.09. The van der Waals surface area contributed by atoms with Gasteiger partial charge in [0.05, 0.1) is 5.69 Å². The lowest BCUT2D eigenvalue weighted by atomic mass is 10.1. The molecule has 0 aliphatic rings. The SMILES string of the molecule is Cc1cc(C)c(N=NSC(C)(C)C)c(C)c1. The van der Waals surface area contributed by atoms with Crippen molar-refractivity contribution in [3.8, 4) is 0 Å². The molecule has 0 saturated heterocycles. The molecule has 0 spiro atoms. The summed E-state index contributed by atoms with van der Waals surface area (Å²) in [6, 6.07) is 4.28. The number of nitrogens with zero attached hydrogens (tertiary/aromatic N) is 2. The van der Waals surface area contributed by atoms with Gasteiger partial charge in [0.25, 0.3) is 0 Å². The van der Waals surface area contributed by atoms with Gasteiger partial charge >= 0.3 is 0 Å². The lowest BCUT2D eigenvalue weighted by Crippen LogP contribution is -2.04. The Morgan fingerprint density at radius 1 is 1.00 bits per heavy atom. The van der Waals surface area contributed by atoms with E-state index in [2.05, 4.69) is 63.3 Å². The Morgan fingerprint density at radius 3 is 1.94 bits per heavy atom. The molecule has 0 atom stereocenters. The predicted molar refractivity (Wildman–Crippen MR) is 72.5 cm³/mol. The fraction of sp³-hybridized carbons (Fsp3) is 0.538. The quantitative estimate of drug-likeness (QED) is 0.515. The summed E-state index contributed by atoms with van der Waals surface area (Å²) in [6.07, 6.45) is 0. The molecule has 0 aliphatic heterocycles. The van der Waals surface area contributed by atoms with Crippen LogP contribution in [0.5, 0.6) is 0 Å². The Kier molecular flexibility index (Phi) is 4.14. The second-order valence-corrected chi connectivity index (χ2v) is 6.70. The third-order valence-corrected chi connectivity index (χ3v) is 2.80. The van der Waals surface area contributed by atoms with E-state index in [1.54, 1.807) is 0 Å². The van der Waals surface area contributed by atoms with Gasteiger partial charge in [-0.2, -0.15) is 0 Å². The molecule has 0 radical (unpaired) electrons. The minimum absolute atomic E-state index is 0.121. The molecule has 0 amide bonds. The van der Waals surface area contributed by atoms with Crippen LogP contribution in [0.1, 0.15) is 37.5 Å². The van der Waals surface area contributed by atoms with Crippen LogP contribution >= 0.6 is 11.9 Å². The Bertz CT molecular complexity index is 380. The van der Waals surface area contributed by atoms with Gasteiger partial charge in [-0.15, -0.1) is 9.63 Å². The summed E-state index contributed by atoms with van der Waals surface area (Å²) in [6.45, 7) is 12.7. The minimum atomic E-state index is 0.121. The molecular formula is C13H20N2S. The average molecular weight is 236 g/mol. The summed E-state index contributed by atoms with van der Waals surface area (Å²) in [7, 11) is 0. The van der Waals surface area contributed by atoms with Gasteiger partial charge in [0.2, 0.25) is 0 Å². The molecule has 16 heavy (non-hydrogen) atoms. The fourth-order valence-electron chi connectivity index (χ4n) is 1.51. The van der Waals surface area contributed by atoms with Crippen molar-refractivity contribution >= 4 is 17.6 Å². The van der Waals surface area contributed by atoms with Crippen LogP contribution in [0.4, 0.5) is 5.69 Å². The van der Waals surface area contributed by atoms with E-state index in [1.165, 1.54) is 28.6 Å². The number of hydrogen-bond donors (Lipinski definition) is 0. The molecule has 0 fully saturated rings. The monoisotopic (exact) mass is 236 g/mol. The van der Waals surface area contributed by atoms with Crippen LogP contribution in [0.15, 0.2) is 21.8 Å². The summed E-state index contributed by atoms with van der Waals surface area (Å²) >= 11 is 1.51. The first-order valence-electron chi connectivity index (χ1n) is 5.47. The van der Waals surface area contributed by atoms with Crippen molar-refractivity contribution in [2.75, 3.05) is 0 Å². The zero-order valence-corrected chi connectivity index (χ0v) is 11.8. The van der Waals surface area contributed by atoms with E-state index in [9.17, 15) is 0 Å². The lowest BCUT2D eigenvalue weighted by molar-refractivity contribution is 0.802. The summed E-state index contributed by atoms with van der Waals surface area (Å²) in [5.41, 5.74) is 4.66. The van der Waals surface area contributed by atoms with Crippen molar-refractivity contribution < 1.29 is 0 Å². The third kappa shape index (κ3) is 3.97. The molecule has 1 aromatic carbocycles. The summed E-state index contributed by atoms with van der Waals surface area (Å²) in [5.74, 6) is 0. The molecule has 0 aromatic heterocycles. The highest BCUT2D eigenvalue weighted by Crippen LogP contribution is 2.30. The van der Waals surface area contributed by atoms with E-state index < -0.39 is 0 Å². The highest BCUT2D eigenvalue weighted by Gasteiger charge is 2.10. The standard InChI is InChI=1S/C13H20N2S/c1-9-7-10(2)12(11(3)8-9)14-15-16-13(4,5)6/h7-8H,1-6H3. The molecule has 0 aliphatic carbocycles. The van der Waals surface area contributed by atoms with Gasteiger partial charge in [0, 0.05) is 16.7 Å². The number of benzene rings is 1. The number of hydrogen-bond acceptors (Lipinski definition) is 3. The van der Waals surface area contributed by atoms with Crippen LogP contribution < -0.4 is 0 Å². The molecule has 1 rings (SSSR count). The highest BCUT2D eigenvalue weighted by molar-refractivity contribution is 7.99. The van der Waals surface area contributed by atoms with Gasteiger partial charge in [-0.25, -0.2) is 0 Å². The Morgan fingerprint density at radius 2 is 1.50 bits per heavy atom. The van der Waals surface area contributed by atoms with Crippen LogP contribution in [0.25, 0.3) is 0 Å². The van der Waals surface area contributed by atoms with Crippen LogP contribution in [0.2, 0.25) is 0 Å². The van der Waals surface area contributed by atoms with E-state index in [4.69, 9.17) is 0 Å². The van der Waals surface area contributed by atoms with E-state index >= 15 is 0 Å². The van der Waals surface area contributed by atoms with Crippen molar-refractivity contribution in [3.05, 3.63) is 28.8 Å². The Labute approximate surface area is 103 Å². The van der Waals surface area contributed by atoms with Crippen molar-refractivity contribution in [2.45, 2.75) is 46.3 Å². The van der Waals surface area contributed by atoms with Crippen LogP contribution in [-0.4, -0.2) is 4.75 Å². The van der Waals surface area contributed by atoms with Gasteiger partial charge < -0.3 is 0 Å². The molecule has 1 aromatic rings. The second-order valence-electron chi connectivity index (χ2n) is 5.13. The van der Waals surface area contributed by atoms with Gasteiger partial charge in [0.15, 0.2) is 0 Å². The van der Waals surface area contributed by atoms with Crippen LogP contribution in [0, 0.1) is 20.8 Å². The average Bonchev–Trinajstić information content (AvgIpc) is 2.07. The van der Waals surface area contributed by atoms with E-state index in [0.29, 0.717) is 0 Å². The van der Waals surface area contributed by atoms with Gasteiger partial charge in [-0.05, 0) is 52.7 Å². The van der Waals surface area contributed by atoms with E-state index in [0.717, 1.165) is 5.69 Å². The van der Waals surface area contributed by atoms with Gasteiger partial charge in [-0.1, -0.05) is 17.7 Å². The van der Waals surface area contributed by atoms with Gasteiger partial charge in [0.1, 0.15) is 0 Å². The molecule has 0 unspecified atom stereocenters. The normalized spacial score (nSPS) is 12.4. The molecule has 88 valence electrons. The fourth-order valence-corrected chi connectivity index (χ4v) is 1.88. The minimum Gasteiger partial charge on any atom is -0.143 e. The number of aryl methyl sites for hydroxylation is 3. The van der Waals surface area contributed by atoms with Crippen molar-refractivity contribution in [1.29, 1.82) is 0 Å². The molecule has 0 bridgehead atoms. The highest BCUT2D eigenvalue weighted by atomic mass is 32.2. The molecule has 0 saturated carbocycles. The molecule has 0 heterocycles.